The summed E-state index contributed by atoms with van der Waals surface area (Å²) in [4.78, 5) is 43.9. The van der Waals surface area contributed by atoms with Crippen molar-refractivity contribution in [2.24, 2.45) is 11.3 Å². The maximum atomic E-state index is 13.2. The molecule has 0 saturated carbocycles. The largest absolute Gasteiger partial charge is 0.462 e. The van der Waals surface area contributed by atoms with Crippen LogP contribution in [-0.4, -0.2) is 85.5 Å². The molecule has 2 atom stereocenters. The van der Waals surface area contributed by atoms with Crippen molar-refractivity contribution in [2.45, 2.75) is 58.6 Å². The van der Waals surface area contributed by atoms with Gasteiger partial charge in [-0.3, -0.25) is 19.3 Å². The highest BCUT2D eigenvalue weighted by atomic mass is 19.1. The fourth-order valence-corrected chi connectivity index (χ4v) is 5.70. The lowest BCUT2D eigenvalue weighted by Crippen LogP contribution is -2.54. The molecule has 198 valence electrons. The van der Waals surface area contributed by atoms with E-state index in [2.05, 4.69) is 15.1 Å². The number of amides is 2. The van der Waals surface area contributed by atoms with Gasteiger partial charge < -0.3 is 19.9 Å². The van der Waals surface area contributed by atoms with Crippen LogP contribution in [0, 0.1) is 17.2 Å². The van der Waals surface area contributed by atoms with Gasteiger partial charge in [-0.05, 0) is 49.4 Å². The molecule has 0 unspecified atom stereocenters. The van der Waals surface area contributed by atoms with E-state index in [0.717, 1.165) is 44.8 Å². The third kappa shape index (κ3) is 5.99. The number of hydrogen-bond acceptors (Lipinski definition) is 6. The number of benzene rings is 1. The maximum Gasteiger partial charge on any atom is 0.312 e. The van der Waals surface area contributed by atoms with Gasteiger partial charge in [0.1, 0.15) is 18.0 Å². The van der Waals surface area contributed by atoms with Gasteiger partial charge in [0, 0.05) is 64.8 Å². The van der Waals surface area contributed by atoms with Gasteiger partial charge in [0.05, 0.1) is 5.41 Å². The molecule has 1 aromatic rings. The Morgan fingerprint density at radius 1 is 1.08 bits per heavy atom. The average molecular weight is 503 g/mol. The molecule has 0 bridgehead atoms. The van der Waals surface area contributed by atoms with Crippen LogP contribution in [-0.2, 0) is 19.1 Å². The van der Waals surface area contributed by atoms with Crippen LogP contribution in [0.15, 0.2) is 24.3 Å². The van der Waals surface area contributed by atoms with Crippen molar-refractivity contribution in [1.82, 2.24) is 15.1 Å². The van der Waals surface area contributed by atoms with Crippen LogP contribution in [0.1, 0.15) is 46.5 Å². The number of halogens is 1. The third-order valence-corrected chi connectivity index (χ3v) is 7.98. The summed E-state index contributed by atoms with van der Waals surface area (Å²) in [5.74, 6) is -0.630. The summed E-state index contributed by atoms with van der Waals surface area (Å²) in [7, 11) is 0. The summed E-state index contributed by atoms with van der Waals surface area (Å²) in [6.07, 6.45) is 2.65. The minimum Gasteiger partial charge on any atom is -0.462 e. The summed E-state index contributed by atoms with van der Waals surface area (Å²) in [5, 5.41) is 2.77. The van der Waals surface area contributed by atoms with E-state index in [9.17, 15) is 18.8 Å². The fourth-order valence-electron chi connectivity index (χ4n) is 5.70. The lowest BCUT2D eigenvalue weighted by atomic mass is 9.75. The first-order valence-corrected chi connectivity index (χ1v) is 13.2. The van der Waals surface area contributed by atoms with Crippen LogP contribution < -0.4 is 10.2 Å². The Bertz CT molecular complexity index is 938. The lowest BCUT2D eigenvalue weighted by molar-refractivity contribution is -0.153. The van der Waals surface area contributed by atoms with E-state index in [4.69, 9.17) is 4.74 Å². The fraction of sp³-hybridized carbons (Fsp3) is 0.667. The van der Waals surface area contributed by atoms with Crippen molar-refractivity contribution in [3.8, 4) is 0 Å². The standard InChI is InChI=1S/C27H39FN4O4/c1-19(2)24(29-20(3)33)25(34)32-12-9-27(10-13-32)18-23(36-26(27)35)8-11-30-14-16-31(17-15-30)22-6-4-21(28)5-7-22/h4-7,19,23-24H,8-18H2,1-3H3,(H,29,33)/t23-,24-/m0/s1. The third-order valence-electron chi connectivity index (χ3n) is 7.98. The number of piperidine rings is 1. The van der Waals surface area contributed by atoms with Crippen LogP contribution in [0.3, 0.4) is 0 Å². The highest BCUT2D eigenvalue weighted by Crippen LogP contribution is 2.44. The predicted octanol–water partition coefficient (Wildman–Crippen LogP) is 2.42. The van der Waals surface area contributed by atoms with Crippen molar-refractivity contribution >= 4 is 23.5 Å². The van der Waals surface area contributed by atoms with E-state index in [0.29, 0.717) is 32.4 Å². The van der Waals surface area contributed by atoms with Crippen LogP contribution in [0.2, 0.25) is 0 Å². The number of piperazine rings is 1. The second kappa shape index (κ2) is 11.2. The molecule has 4 rings (SSSR count). The number of esters is 1. The van der Waals surface area contributed by atoms with Gasteiger partial charge in [-0.15, -0.1) is 0 Å². The number of carbonyl (C=O) groups is 3. The Morgan fingerprint density at radius 2 is 1.72 bits per heavy atom. The zero-order valence-corrected chi connectivity index (χ0v) is 21.7. The van der Waals surface area contributed by atoms with Crippen molar-refractivity contribution in [3.63, 3.8) is 0 Å². The minimum atomic E-state index is -0.539. The quantitative estimate of drug-likeness (QED) is 0.577. The number of rotatable bonds is 7. The number of cyclic esters (lactones) is 1. The molecule has 3 aliphatic heterocycles. The molecule has 2 amide bonds. The van der Waals surface area contributed by atoms with E-state index in [1.165, 1.54) is 19.1 Å². The average Bonchev–Trinajstić information content (AvgIpc) is 3.16. The number of nitrogens with zero attached hydrogens (tertiary/aromatic N) is 3. The zero-order chi connectivity index (χ0) is 25.9. The Hall–Kier alpha value is -2.68. The number of anilines is 1. The second-order valence-electron chi connectivity index (χ2n) is 10.9. The molecule has 3 saturated heterocycles. The van der Waals surface area contributed by atoms with E-state index >= 15 is 0 Å². The zero-order valence-electron chi connectivity index (χ0n) is 21.7. The Morgan fingerprint density at radius 3 is 2.31 bits per heavy atom. The molecule has 3 aliphatic rings. The molecule has 1 spiro atoms. The number of hydrogen-bond donors (Lipinski definition) is 1. The van der Waals surface area contributed by atoms with Crippen LogP contribution in [0.4, 0.5) is 10.1 Å². The molecule has 0 radical (unpaired) electrons. The molecule has 8 nitrogen and oxygen atoms in total. The van der Waals surface area contributed by atoms with Crippen molar-refractivity contribution in [1.29, 1.82) is 0 Å². The molecule has 0 aromatic heterocycles. The number of ether oxygens (including phenoxy) is 1. The Labute approximate surface area is 213 Å². The highest BCUT2D eigenvalue weighted by molar-refractivity contribution is 5.87. The summed E-state index contributed by atoms with van der Waals surface area (Å²) >= 11 is 0. The van der Waals surface area contributed by atoms with Crippen LogP contribution >= 0.6 is 0 Å². The first kappa shape index (κ1) is 26.4. The number of carbonyl (C=O) groups excluding carboxylic acids is 3. The summed E-state index contributed by atoms with van der Waals surface area (Å²) in [6, 6.07) is 6.10. The number of likely N-dealkylation sites (tertiary alicyclic amines) is 1. The van der Waals surface area contributed by atoms with Crippen LogP contribution in [0.5, 0.6) is 0 Å². The molecule has 3 fully saturated rings. The van der Waals surface area contributed by atoms with Crippen LogP contribution in [0.25, 0.3) is 0 Å². The van der Waals surface area contributed by atoms with Gasteiger partial charge in [-0.2, -0.15) is 0 Å². The van der Waals surface area contributed by atoms with Gasteiger partial charge >= 0.3 is 5.97 Å². The van der Waals surface area contributed by atoms with Crippen molar-refractivity contribution < 1.29 is 23.5 Å². The SMILES string of the molecule is CC(=O)N[C@H](C(=O)N1CCC2(CC1)C[C@H](CCN1CCN(c3ccc(F)cc3)CC1)OC2=O)C(C)C. The topological polar surface area (TPSA) is 82.2 Å². The van der Waals surface area contributed by atoms with E-state index in [1.54, 1.807) is 4.90 Å². The van der Waals surface area contributed by atoms with E-state index in [1.807, 2.05) is 26.0 Å². The van der Waals surface area contributed by atoms with E-state index in [-0.39, 0.29) is 35.6 Å². The first-order valence-electron chi connectivity index (χ1n) is 13.2. The van der Waals surface area contributed by atoms with Crippen molar-refractivity contribution in [3.05, 3.63) is 30.1 Å². The summed E-state index contributed by atoms with van der Waals surface area (Å²) < 4.78 is 19.0. The molecule has 3 heterocycles. The number of nitrogens with one attached hydrogen (secondary N) is 1. The normalized spacial score (nSPS) is 23.1. The molecular formula is C27H39FN4O4. The summed E-state index contributed by atoms with van der Waals surface area (Å²) in [6.45, 7) is 10.8. The van der Waals surface area contributed by atoms with Crippen molar-refractivity contribution in [2.75, 3.05) is 50.7 Å². The Kier molecular flexibility index (Phi) is 8.17. The molecule has 1 aromatic carbocycles. The van der Waals surface area contributed by atoms with Gasteiger partial charge in [0.2, 0.25) is 11.8 Å². The van der Waals surface area contributed by atoms with E-state index < -0.39 is 11.5 Å². The predicted molar refractivity (Wildman–Crippen MR) is 135 cm³/mol. The smallest absolute Gasteiger partial charge is 0.312 e. The first-order chi connectivity index (χ1) is 17.2. The molecule has 36 heavy (non-hydrogen) atoms. The molecule has 1 N–H and O–H groups in total. The summed E-state index contributed by atoms with van der Waals surface area (Å²) in [5.41, 5.74) is 0.550. The monoisotopic (exact) mass is 502 g/mol. The molecule has 9 heteroatoms. The minimum absolute atomic E-state index is 0.00401. The maximum absolute atomic E-state index is 13.2. The lowest BCUT2D eigenvalue weighted by Gasteiger charge is -2.38. The molecule has 0 aliphatic carbocycles. The van der Waals surface area contributed by atoms with Gasteiger partial charge in [0.15, 0.2) is 0 Å². The Balaban J connectivity index is 1.22. The van der Waals surface area contributed by atoms with Gasteiger partial charge in [-0.1, -0.05) is 13.8 Å². The van der Waals surface area contributed by atoms with Gasteiger partial charge in [-0.25, -0.2) is 4.39 Å². The highest BCUT2D eigenvalue weighted by Gasteiger charge is 2.51. The van der Waals surface area contributed by atoms with Gasteiger partial charge in [0.25, 0.3) is 0 Å². The molecular weight excluding hydrogens is 463 g/mol. The second-order valence-corrected chi connectivity index (χ2v) is 10.9.